The van der Waals surface area contributed by atoms with Gasteiger partial charge in [0.1, 0.15) is 16.5 Å². The summed E-state index contributed by atoms with van der Waals surface area (Å²) in [5.41, 5.74) is 0.669. The number of sulfonamides is 1. The smallest absolute Gasteiger partial charge is 0.307 e. The maximum atomic E-state index is 14.0. The van der Waals surface area contributed by atoms with Gasteiger partial charge >= 0.3 is 5.97 Å². The molecule has 5 nitrogen and oxygen atoms in total. The van der Waals surface area contributed by atoms with Crippen molar-refractivity contribution in [2.24, 2.45) is 0 Å². The molecular weight excluding hydrogens is 364 g/mol. The van der Waals surface area contributed by atoms with Crippen LogP contribution in [0.15, 0.2) is 53.4 Å². The van der Waals surface area contributed by atoms with Crippen LogP contribution in [0, 0.1) is 11.6 Å². The minimum atomic E-state index is -4.27. The first-order chi connectivity index (χ1) is 12.3. The lowest BCUT2D eigenvalue weighted by Crippen LogP contribution is -2.33. The molecule has 0 aliphatic carbocycles. The number of hydrogen-bond donors (Lipinski definition) is 0. The molecule has 0 bridgehead atoms. The van der Waals surface area contributed by atoms with Crippen LogP contribution in [0.4, 0.5) is 8.78 Å². The second-order valence-electron chi connectivity index (χ2n) is 5.45. The zero-order chi connectivity index (χ0) is 19.2. The summed E-state index contributed by atoms with van der Waals surface area (Å²) >= 11 is 0. The topological polar surface area (TPSA) is 63.7 Å². The van der Waals surface area contributed by atoms with Crippen molar-refractivity contribution >= 4 is 16.0 Å². The monoisotopic (exact) mass is 383 g/mol. The van der Waals surface area contributed by atoms with Crippen LogP contribution < -0.4 is 0 Å². The largest absolute Gasteiger partial charge is 0.466 e. The van der Waals surface area contributed by atoms with Crippen molar-refractivity contribution in [1.29, 1.82) is 0 Å². The molecule has 26 heavy (non-hydrogen) atoms. The molecule has 2 rings (SSSR count). The lowest BCUT2D eigenvalue weighted by Gasteiger charge is -2.22. The first kappa shape index (κ1) is 20.0. The second-order valence-corrected chi connectivity index (χ2v) is 7.36. The summed E-state index contributed by atoms with van der Waals surface area (Å²) < 4.78 is 58.6. The molecule has 0 saturated carbocycles. The van der Waals surface area contributed by atoms with E-state index in [0.717, 1.165) is 16.4 Å². The molecule has 0 spiro atoms. The van der Waals surface area contributed by atoms with E-state index in [1.807, 2.05) is 0 Å². The summed E-state index contributed by atoms with van der Waals surface area (Å²) in [5.74, 6) is -2.61. The molecule has 2 aromatic rings. The van der Waals surface area contributed by atoms with Gasteiger partial charge in [-0.1, -0.05) is 30.3 Å². The van der Waals surface area contributed by atoms with Crippen molar-refractivity contribution in [3.63, 3.8) is 0 Å². The third kappa shape index (κ3) is 5.09. The average Bonchev–Trinajstić information content (AvgIpc) is 2.59. The Hall–Kier alpha value is -2.32. The molecule has 0 fully saturated rings. The molecule has 0 aliphatic heterocycles. The second kappa shape index (κ2) is 8.86. The fourth-order valence-corrected chi connectivity index (χ4v) is 3.82. The molecule has 140 valence electrons. The van der Waals surface area contributed by atoms with Crippen LogP contribution in [-0.2, 0) is 26.1 Å². The third-order valence-corrected chi connectivity index (χ3v) is 5.46. The minimum absolute atomic E-state index is 0.0562. The maximum Gasteiger partial charge on any atom is 0.307 e. The maximum absolute atomic E-state index is 14.0. The van der Waals surface area contributed by atoms with E-state index in [1.165, 1.54) is 0 Å². The van der Waals surface area contributed by atoms with Gasteiger partial charge in [-0.3, -0.25) is 4.79 Å². The van der Waals surface area contributed by atoms with Crippen molar-refractivity contribution in [1.82, 2.24) is 4.31 Å². The molecule has 0 amide bonds. The molecule has 0 unspecified atom stereocenters. The van der Waals surface area contributed by atoms with Gasteiger partial charge in [-0.15, -0.1) is 0 Å². The molecule has 0 aromatic heterocycles. The Morgan fingerprint density at radius 3 is 2.42 bits per heavy atom. The highest BCUT2D eigenvalue weighted by Crippen LogP contribution is 2.22. The van der Waals surface area contributed by atoms with Gasteiger partial charge in [-0.05, 0) is 24.6 Å². The molecule has 2 aromatic carbocycles. The number of ether oxygens (including phenoxy) is 1. The highest BCUT2D eigenvalue weighted by atomic mass is 32.2. The van der Waals surface area contributed by atoms with Crippen LogP contribution >= 0.6 is 0 Å². The number of carbonyl (C=O) groups is 1. The first-order valence-electron chi connectivity index (χ1n) is 7.99. The molecule has 0 aliphatic rings. The summed E-state index contributed by atoms with van der Waals surface area (Å²) in [6.07, 6.45) is -0.178. The lowest BCUT2D eigenvalue weighted by atomic mass is 10.2. The predicted octanol–water partition coefficient (Wildman–Crippen LogP) is 3.11. The van der Waals surface area contributed by atoms with Crippen molar-refractivity contribution in [3.8, 4) is 0 Å². The van der Waals surface area contributed by atoms with Gasteiger partial charge in [-0.2, -0.15) is 4.31 Å². The normalized spacial score (nSPS) is 11.5. The molecule has 0 N–H and O–H groups in total. The fourth-order valence-electron chi connectivity index (χ4n) is 2.34. The molecule has 0 saturated heterocycles. The Morgan fingerprint density at radius 1 is 1.12 bits per heavy atom. The minimum Gasteiger partial charge on any atom is -0.466 e. The Bertz CT molecular complexity index is 857. The van der Waals surface area contributed by atoms with Gasteiger partial charge in [0.25, 0.3) is 0 Å². The Balaban J connectivity index is 2.32. The standard InChI is InChI=1S/C18H19F2NO4S/c1-2-25-18(22)10-11-21(13-14-6-4-3-5-7-14)26(23,24)17-9-8-15(19)12-16(17)20/h3-9,12H,2,10-11,13H2,1H3. The predicted molar refractivity (Wildman–Crippen MR) is 91.6 cm³/mol. The third-order valence-electron chi connectivity index (χ3n) is 3.58. The van der Waals surface area contributed by atoms with Crippen LogP contribution in [0.1, 0.15) is 18.9 Å². The van der Waals surface area contributed by atoms with E-state index < -0.39 is 32.5 Å². The van der Waals surface area contributed by atoms with Crippen molar-refractivity contribution in [2.45, 2.75) is 24.8 Å². The molecule has 0 heterocycles. The summed E-state index contributed by atoms with van der Waals surface area (Å²) in [6, 6.07) is 11.0. The highest BCUT2D eigenvalue weighted by Gasteiger charge is 2.28. The summed E-state index contributed by atoms with van der Waals surface area (Å²) in [6.45, 7) is 1.58. The number of benzene rings is 2. The summed E-state index contributed by atoms with van der Waals surface area (Å²) in [7, 11) is -4.27. The zero-order valence-electron chi connectivity index (χ0n) is 14.2. The zero-order valence-corrected chi connectivity index (χ0v) is 15.0. The van der Waals surface area contributed by atoms with E-state index in [4.69, 9.17) is 4.74 Å². The number of halogens is 2. The number of hydrogen-bond acceptors (Lipinski definition) is 4. The quantitative estimate of drug-likeness (QED) is 0.657. The van der Waals surface area contributed by atoms with Crippen LogP contribution in [-0.4, -0.2) is 31.8 Å². The van der Waals surface area contributed by atoms with Gasteiger partial charge in [0, 0.05) is 19.2 Å². The Morgan fingerprint density at radius 2 is 1.81 bits per heavy atom. The van der Waals surface area contributed by atoms with Crippen molar-refractivity contribution in [2.75, 3.05) is 13.2 Å². The number of nitrogens with zero attached hydrogens (tertiary/aromatic N) is 1. The van der Waals surface area contributed by atoms with Crippen molar-refractivity contribution in [3.05, 3.63) is 65.7 Å². The molecule has 0 radical (unpaired) electrons. The van der Waals surface area contributed by atoms with Crippen LogP contribution in [0.25, 0.3) is 0 Å². The summed E-state index contributed by atoms with van der Waals surface area (Å²) in [5, 5.41) is 0. The molecular formula is C18H19F2NO4S. The van der Waals surface area contributed by atoms with Crippen LogP contribution in [0.3, 0.4) is 0 Å². The number of esters is 1. The highest BCUT2D eigenvalue weighted by molar-refractivity contribution is 7.89. The van der Waals surface area contributed by atoms with Crippen molar-refractivity contribution < 1.29 is 26.7 Å². The molecule has 8 heteroatoms. The van der Waals surface area contributed by atoms with Gasteiger partial charge in [0.2, 0.25) is 10.0 Å². The number of rotatable bonds is 8. The Kier molecular flexibility index (Phi) is 6.82. The van der Waals surface area contributed by atoms with Crippen LogP contribution in [0.2, 0.25) is 0 Å². The average molecular weight is 383 g/mol. The van der Waals surface area contributed by atoms with E-state index in [-0.39, 0.29) is 26.1 Å². The summed E-state index contributed by atoms with van der Waals surface area (Å²) in [4.78, 5) is 11.0. The van der Waals surface area contributed by atoms with Gasteiger partial charge in [-0.25, -0.2) is 17.2 Å². The lowest BCUT2D eigenvalue weighted by molar-refractivity contribution is -0.143. The fraction of sp³-hybridized carbons (Fsp3) is 0.278. The van der Waals surface area contributed by atoms with Crippen LogP contribution in [0.5, 0.6) is 0 Å². The van der Waals surface area contributed by atoms with E-state index >= 15 is 0 Å². The van der Waals surface area contributed by atoms with Gasteiger partial charge in [0.15, 0.2) is 0 Å². The van der Waals surface area contributed by atoms with E-state index in [2.05, 4.69) is 0 Å². The Labute approximate surface area is 151 Å². The van der Waals surface area contributed by atoms with Gasteiger partial charge in [0.05, 0.1) is 13.0 Å². The molecule has 0 atom stereocenters. The van der Waals surface area contributed by atoms with E-state index in [9.17, 15) is 22.0 Å². The van der Waals surface area contributed by atoms with E-state index in [0.29, 0.717) is 11.6 Å². The SMILES string of the molecule is CCOC(=O)CCN(Cc1ccccc1)S(=O)(=O)c1ccc(F)cc1F. The van der Waals surface area contributed by atoms with E-state index in [1.54, 1.807) is 37.3 Å². The first-order valence-corrected chi connectivity index (χ1v) is 9.43. The number of carbonyl (C=O) groups excluding carboxylic acids is 1. The van der Waals surface area contributed by atoms with Gasteiger partial charge < -0.3 is 4.74 Å².